The summed E-state index contributed by atoms with van der Waals surface area (Å²) in [7, 11) is 1.55. The average molecular weight is 458 g/mol. The largest absolute Gasteiger partial charge is 0.481 e. The normalized spacial score (nSPS) is 15.2. The fraction of sp³-hybridized carbons (Fsp3) is 0.478. The maximum atomic E-state index is 12.4. The van der Waals surface area contributed by atoms with Crippen LogP contribution in [0.4, 0.5) is 4.79 Å². The lowest BCUT2D eigenvalue weighted by Crippen LogP contribution is -2.41. The highest BCUT2D eigenvalue weighted by Crippen LogP contribution is 2.32. The van der Waals surface area contributed by atoms with Crippen LogP contribution in [-0.2, 0) is 4.74 Å². The number of rotatable bonds is 3. The molecule has 3 aromatic rings. The van der Waals surface area contributed by atoms with Gasteiger partial charge in [0.25, 0.3) is 0 Å². The molecule has 170 valence electrons. The summed E-state index contributed by atoms with van der Waals surface area (Å²) in [6.45, 7) is 9.02. The number of hydrogen-bond acceptors (Lipinski definition) is 6. The summed E-state index contributed by atoms with van der Waals surface area (Å²) in [5.74, 6) is 0.676. The van der Waals surface area contributed by atoms with E-state index in [1.165, 1.54) is 0 Å². The molecule has 0 aromatic carbocycles. The van der Waals surface area contributed by atoms with Crippen molar-refractivity contribution in [1.29, 1.82) is 0 Å². The Morgan fingerprint density at radius 1 is 1.16 bits per heavy atom. The van der Waals surface area contributed by atoms with Crippen molar-refractivity contribution in [3.05, 3.63) is 40.8 Å². The molecule has 0 N–H and O–H groups in total. The molecule has 0 spiro atoms. The lowest BCUT2D eigenvalue weighted by molar-refractivity contribution is 0.0204. The van der Waals surface area contributed by atoms with Gasteiger partial charge in [0.15, 0.2) is 5.65 Å². The Labute approximate surface area is 192 Å². The number of hydrogen-bond donors (Lipinski definition) is 0. The van der Waals surface area contributed by atoms with Crippen LogP contribution in [0.25, 0.3) is 16.7 Å². The lowest BCUT2D eigenvalue weighted by Gasteiger charge is -2.33. The predicted octanol–water partition coefficient (Wildman–Crippen LogP) is 4.90. The Kier molecular flexibility index (Phi) is 5.99. The first kappa shape index (κ1) is 22.3. The van der Waals surface area contributed by atoms with Gasteiger partial charge in [-0.1, -0.05) is 11.6 Å². The minimum Gasteiger partial charge on any atom is -0.481 e. The molecule has 4 heterocycles. The molecular formula is C23H28ClN5O3. The zero-order valence-corrected chi connectivity index (χ0v) is 19.8. The number of piperidine rings is 1. The Hall–Kier alpha value is -2.87. The third-order valence-electron chi connectivity index (χ3n) is 5.52. The van der Waals surface area contributed by atoms with Gasteiger partial charge >= 0.3 is 6.09 Å². The maximum Gasteiger partial charge on any atom is 0.410 e. The fourth-order valence-electron chi connectivity index (χ4n) is 4.03. The molecule has 1 fully saturated rings. The van der Waals surface area contributed by atoms with Gasteiger partial charge in [-0.25, -0.2) is 19.4 Å². The van der Waals surface area contributed by atoms with Gasteiger partial charge in [-0.3, -0.25) is 0 Å². The van der Waals surface area contributed by atoms with Crippen molar-refractivity contribution in [2.75, 3.05) is 20.2 Å². The summed E-state index contributed by atoms with van der Waals surface area (Å²) in [5.41, 5.74) is 3.16. The van der Waals surface area contributed by atoms with E-state index in [2.05, 4.69) is 23.1 Å². The van der Waals surface area contributed by atoms with Crippen molar-refractivity contribution >= 4 is 28.7 Å². The van der Waals surface area contributed by atoms with Crippen molar-refractivity contribution in [2.24, 2.45) is 0 Å². The van der Waals surface area contributed by atoms with Crippen LogP contribution in [0.5, 0.6) is 5.88 Å². The number of amides is 1. The highest BCUT2D eigenvalue weighted by molar-refractivity contribution is 6.29. The molecule has 0 saturated carbocycles. The lowest BCUT2D eigenvalue weighted by atomic mass is 9.90. The van der Waals surface area contributed by atoms with Crippen LogP contribution in [0.2, 0.25) is 5.15 Å². The van der Waals surface area contributed by atoms with Gasteiger partial charge in [-0.05, 0) is 52.2 Å². The SMILES string of the molecule is COc1cc(-n2ncc3cc(C)c(C4CCN(C(=O)OC(C)(C)C)CC4)nc32)cc(Cl)n1. The van der Waals surface area contributed by atoms with E-state index in [-0.39, 0.29) is 12.0 Å². The van der Waals surface area contributed by atoms with Crippen LogP contribution >= 0.6 is 11.6 Å². The first-order valence-electron chi connectivity index (χ1n) is 10.7. The molecular weight excluding hydrogens is 430 g/mol. The number of aromatic nitrogens is 4. The molecule has 9 heteroatoms. The molecule has 1 saturated heterocycles. The van der Waals surface area contributed by atoms with Crippen LogP contribution in [0.3, 0.4) is 0 Å². The maximum absolute atomic E-state index is 12.4. The third kappa shape index (κ3) is 4.65. The van der Waals surface area contributed by atoms with Crippen molar-refractivity contribution in [1.82, 2.24) is 24.6 Å². The number of carbonyl (C=O) groups is 1. The number of methoxy groups -OCH3 is 1. The topological polar surface area (TPSA) is 82.4 Å². The summed E-state index contributed by atoms with van der Waals surface area (Å²) < 4.78 is 12.5. The first-order valence-corrected chi connectivity index (χ1v) is 11.1. The number of halogens is 1. The number of ether oxygens (including phenoxy) is 2. The van der Waals surface area contributed by atoms with Crippen LogP contribution < -0.4 is 4.74 Å². The van der Waals surface area contributed by atoms with Gasteiger partial charge < -0.3 is 14.4 Å². The molecule has 0 aliphatic carbocycles. The van der Waals surface area contributed by atoms with Crippen LogP contribution in [0.1, 0.15) is 50.8 Å². The second-order valence-corrected chi connectivity index (χ2v) is 9.48. The molecule has 0 unspecified atom stereocenters. The van der Waals surface area contributed by atoms with Gasteiger partial charge in [0.1, 0.15) is 10.8 Å². The van der Waals surface area contributed by atoms with E-state index in [1.54, 1.807) is 35.0 Å². The van der Waals surface area contributed by atoms with Crippen molar-refractivity contribution < 1.29 is 14.3 Å². The third-order valence-corrected chi connectivity index (χ3v) is 5.71. The summed E-state index contributed by atoms with van der Waals surface area (Å²) in [4.78, 5) is 23.3. The number of likely N-dealkylation sites (tertiary alicyclic amines) is 1. The molecule has 0 atom stereocenters. The first-order chi connectivity index (χ1) is 15.1. The second kappa shape index (κ2) is 8.58. The van der Waals surface area contributed by atoms with Gasteiger partial charge in [-0.15, -0.1) is 0 Å². The molecule has 3 aromatic heterocycles. The van der Waals surface area contributed by atoms with Crippen LogP contribution in [0, 0.1) is 6.92 Å². The van der Waals surface area contributed by atoms with E-state index in [0.29, 0.717) is 24.1 Å². The van der Waals surface area contributed by atoms with Gasteiger partial charge in [0.05, 0.1) is 19.0 Å². The number of pyridine rings is 2. The molecule has 4 rings (SSSR count). The van der Waals surface area contributed by atoms with Crippen molar-refractivity contribution in [3.8, 4) is 11.6 Å². The van der Waals surface area contributed by atoms with Gasteiger partial charge in [0, 0.05) is 42.2 Å². The zero-order chi connectivity index (χ0) is 23.0. The molecule has 1 aliphatic heterocycles. The summed E-state index contributed by atoms with van der Waals surface area (Å²) >= 11 is 6.16. The Balaban J connectivity index is 1.60. The predicted molar refractivity (Wildman–Crippen MR) is 123 cm³/mol. The smallest absolute Gasteiger partial charge is 0.410 e. The Bertz CT molecular complexity index is 1150. The molecule has 1 amide bonds. The molecule has 8 nitrogen and oxygen atoms in total. The minimum atomic E-state index is -0.492. The molecule has 1 aliphatic rings. The van der Waals surface area contributed by atoms with E-state index >= 15 is 0 Å². The van der Waals surface area contributed by atoms with E-state index in [4.69, 9.17) is 26.1 Å². The Morgan fingerprint density at radius 2 is 1.88 bits per heavy atom. The zero-order valence-electron chi connectivity index (χ0n) is 19.1. The quantitative estimate of drug-likeness (QED) is 0.520. The molecule has 0 radical (unpaired) electrons. The minimum absolute atomic E-state index is 0.252. The van der Waals surface area contributed by atoms with Crippen molar-refractivity contribution in [3.63, 3.8) is 0 Å². The summed E-state index contributed by atoms with van der Waals surface area (Å²) in [5, 5.41) is 5.79. The van der Waals surface area contributed by atoms with E-state index < -0.39 is 5.60 Å². The summed E-state index contributed by atoms with van der Waals surface area (Å²) in [6.07, 6.45) is 3.21. The van der Waals surface area contributed by atoms with E-state index in [9.17, 15) is 4.79 Å². The van der Waals surface area contributed by atoms with Crippen molar-refractivity contribution in [2.45, 2.75) is 52.1 Å². The highest BCUT2D eigenvalue weighted by Gasteiger charge is 2.29. The second-order valence-electron chi connectivity index (χ2n) is 9.09. The summed E-state index contributed by atoms with van der Waals surface area (Å²) in [6, 6.07) is 5.62. The van der Waals surface area contributed by atoms with Gasteiger partial charge in [0.2, 0.25) is 5.88 Å². The number of fused-ring (bicyclic) bond motifs is 1. The average Bonchev–Trinajstić information content (AvgIpc) is 3.14. The molecule has 32 heavy (non-hydrogen) atoms. The number of nitrogens with zero attached hydrogens (tertiary/aromatic N) is 5. The van der Waals surface area contributed by atoms with E-state index in [1.807, 2.05) is 20.8 Å². The fourth-order valence-corrected chi connectivity index (χ4v) is 4.22. The van der Waals surface area contributed by atoms with Gasteiger partial charge in [-0.2, -0.15) is 5.10 Å². The van der Waals surface area contributed by atoms with Crippen LogP contribution in [0.15, 0.2) is 24.4 Å². The monoisotopic (exact) mass is 457 g/mol. The van der Waals surface area contributed by atoms with Crippen LogP contribution in [-0.4, -0.2) is 56.5 Å². The molecule has 0 bridgehead atoms. The highest BCUT2D eigenvalue weighted by atomic mass is 35.5. The standard InChI is InChI=1S/C23H28ClN5O3/c1-14-10-16-13-25-29(17-11-18(24)26-19(12-17)31-5)21(16)27-20(14)15-6-8-28(9-7-15)22(30)32-23(2,3)4/h10-13,15H,6-9H2,1-5H3. The Morgan fingerprint density at radius 3 is 2.53 bits per heavy atom. The van der Waals surface area contributed by atoms with E-state index in [0.717, 1.165) is 40.8 Å². The number of aryl methyl sites for hydroxylation is 1. The number of carbonyl (C=O) groups excluding carboxylic acids is 1.